The zero-order valence-electron chi connectivity index (χ0n) is 12.4. The van der Waals surface area contributed by atoms with Gasteiger partial charge in [-0.15, -0.1) is 0 Å². The van der Waals surface area contributed by atoms with Crippen molar-refractivity contribution in [2.24, 2.45) is 0 Å². The number of hydrogen-bond donors (Lipinski definition) is 1. The summed E-state index contributed by atoms with van der Waals surface area (Å²) in [6.07, 6.45) is 1.16. The molecule has 0 heterocycles. The first-order valence-corrected chi connectivity index (χ1v) is 8.93. The highest BCUT2D eigenvalue weighted by Gasteiger charge is 2.10. The van der Waals surface area contributed by atoms with Crippen molar-refractivity contribution in [2.75, 3.05) is 12.3 Å². The van der Waals surface area contributed by atoms with Gasteiger partial charge >= 0.3 is 0 Å². The van der Waals surface area contributed by atoms with Gasteiger partial charge in [-0.1, -0.05) is 61.0 Å². The Morgan fingerprint density at radius 3 is 2.43 bits per heavy atom. The molecular weight excluding hydrogens is 298 g/mol. The zero-order valence-corrected chi connectivity index (χ0v) is 14.0. The molecule has 1 atom stereocenters. The van der Waals surface area contributed by atoms with E-state index in [-0.39, 0.29) is 0 Å². The van der Waals surface area contributed by atoms with E-state index in [1.54, 1.807) is 0 Å². The average molecular weight is 320 g/mol. The number of hydrogen-bond acceptors (Lipinski definition) is 2. The van der Waals surface area contributed by atoms with Crippen LogP contribution in [-0.4, -0.2) is 12.3 Å². The molecule has 0 bridgehead atoms. The van der Waals surface area contributed by atoms with E-state index in [0.717, 1.165) is 29.5 Å². The van der Waals surface area contributed by atoms with Crippen LogP contribution < -0.4 is 5.32 Å². The predicted molar refractivity (Wildman–Crippen MR) is 95.1 cm³/mol. The summed E-state index contributed by atoms with van der Waals surface area (Å²) in [6, 6.07) is 19.2. The fourth-order valence-corrected chi connectivity index (χ4v) is 3.37. The van der Waals surface area contributed by atoms with E-state index < -0.39 is 0 Å². The lowest BCUT2D eigenvalue weighted by Gasteiger charge is -2.18. The number of benzene rings is 2. The molecule has 0 amide bonds. The number of halogens is 1. The van der Waals surface area contributed by atoms with Crippen molar-refractivity contribution >= 4 is 23.4 Å². The Bertz CT molecular complexity index is 513. The van der Waals surface area contributed by atoms with Crippen LogP contribution in [0.1, 0.15) is 30.5 Å². The lowest BCUT2D eigenvalue weighted by Crippen LogP contribution is -2.24. The van der Waals surface area contributed by atoms with Gasteiger partial charge in [-0.25, -0.2) is 0 Å². The summed E-state index contributed by atoms with van der Waals surface area (Å²) in [5, 5.41) is 4.44. The van der Waals surface area contributed by atoms with Crippen LogP contribution in [-0.2, 0) is 5.75 Å². The fraction of sp³-hybridized carbons (Fsp3) is 0.333. The summed E-state index contributed by atoms with van der Waals surface area (Å²) in [5.41, 5.74) is 2.70. The van der Waals surface area contributed by atoms with Crippen LogP contribution >= 0.6 is 23.4 Å². The van der Waals surface area contributed by atoms with Crippen LogP contribution in [0.5, 0.6) is 0 Å². The maximum absolute atomic E-state index is 5.92. The van der Waals surface area contributed by atoms with Gasteiger partial charge < -0.3 is 5.32 Å². The second kappa shape index (κ2) is 9.14. The smallest absolute Gasteiger partial charge is 0.0411 e. The molecule has 0 aromatic heterocycles. The molecule has 0 fully saturated rings. The van der Waals surface area contributed by atoms with Gasteiger partial charge in [-0.05, 0) is 36.2 Å². The summed E-state index contributed by atoms with van der Waals surface area (Å²) < 4.78 is 0. The number of nitrogens with one attached hydrogen (secondary N) is 1. The molecule has 0 saturated heterocycles. The molecule has 3 heteroatoms. The Balaban J connectivity index is 1.88. The molecular formula is C18H22ClNS. The Labute approximate surface area is 137 Å². The highest BCUT2D eigenvalue weighted by molar-refractivity contribution is 7.98. The highest BCUT2D eigenvalue weighted by Crippen LogP contribution is 2.22. The molecule has 1 unspecified atom stereocenters. The van der Waals surface area contributed by atoms with Crippen molar-refractivity contribution in [3.63, 3.8) is 0 Å². The maximum atomic E-state index is 5.92. The minimum atomic E-state index is 0.420. The number of rotatable bonds is 8. The van der Waals surface area contributed by atoms with Gasteiger partial charge in [0.15, 0.2) is 0 Å². The van der Waals surface area contributed by atoms with Gasteiger partial charge in [0.1, 0.15) is 0 Å². The molecule has 0 aliphatic heterocycles. The summed E-state index contributed by atoms with van der Waals surface area (Å²) in [5.74, 6) is 2.10. The van der Waals surface area contributed by atoms with Crippen LogP contribution in [0.3, 0.4) is 0 Å². The molecule has 1 nitrogen and oxygen atoms in total. The third-order valence-corrected chi connectivity index (χ3v) is 4.67. The second-order valence-corrected chi connectivity index (χ2v) is 6.53. The van der Waals surface area contributed by atoms with Gasteiger partial charge in [-0.2, -0.15) is 11.8 Å². The van der Waals surface area contributed by atoms with Gasteiger partial charge in [0.25, 0.3) is 0 Å². The number of thioether (sulfide) groups is 1. The maximum Gasteiger partial charge on any atom is 0.0411 e. The normalized spacial score (nSPS) is 12.3. The largest absolute Gasteiger partial charge is 0.309 e. The van der Waals surface area contributed by atoms with Gasteiger partial charge in [0, 0.05) is 22.6 Å². The molecule has 0 radical (unpaired) electrons. The Kier molecular flexibility index (Phi) is 7.14. The first-order chi connectivity index (χ1) is 10.3. The van der Waals surface area contributed by atoms with E-state index >= 15 is 0 Å². The lowest BCUT2D eigenvalue weighted by molar-refractivity contribution is 0.577. The van der Waals surface area contributed by atoms with E-state index in [1.807, 2.05) is 23.9 Å². The molecule has 0 saturated carbocycles. The molecule has 2 aromatic rings. The van der Waals surface area contributed by atoms with E-state index in [4.69, 9.17) is 11.6 Å². The summed E-state index contributed by atoms with van der Waals surface area (Å²) in [6.45, 7) is 3.26. The standard InChI is InChI=1S/C18H22ClNS/c1-2-12-20-18(16-6-4-3-5-7-16)14-21-13-15-8-10-17(19)11-9-15/h3-11,18,20H,2,12-14H2,1H3. The quantitative estimate of drug-likeness (QED) is 0.707. The summed E-state index contributed by atoms with van der Waals surface area (Å²) in [4.78, 5) is 0. The van der Waals surface area contributed by atoms with Crippen molar-refractivity contribution in [3.05, 3.63) is 70.7 Å². The molecule has 0 aliphatic carbocycles. The van der Waals surface area contributed by atoms with Crippen molar-refractivity contribution in [2.45, 2.75) is 25.1 Å². The summed E-state index contributed by atoms with van der Waals surface area (Å²) in [7, 11) is 0. The van der Waals surface area contributed by atoms with Gasteiger partial charge in [-0.3, -0.25) is 0 Å². The predicted octanol–water partition coefficient (Wildman–Crippen LogP) is 5.31. The molecule has 0 aliphatic rings. The Morgan fingerprint density at radius 2 is 1.76 bits per heavy atom. The van der Waals surface area contributed by atoms with Crippen LogP contribution in [0.2, 0.25) is 5.02 Å². The molecule has 2 rings (SSSR count). The summed E-state index contributed by atoms with van der Waals surface area (Å²) >= 11 is 7.88. The Morgan fingerprint density at radius 1 is 1.05 bits per heavy atom. The third-order valence-electron chi connectivity index (χ3n) is 3.31. The zero-order chi connectivity index (χ0) is 14.9. The molecule has 112 valence electrons. The monoisotopic (exact) mass is 319 g/mol. The van der Waals surface area contributed by atoms with E-state index in [9.17, 15) is 0 Å². The van der Waals surface area contributed by atoms with Gasteiger partial charge in [0.05, 0.1) is 0 Å². The van der Waals surface area contributed by atoms with Crippen molar-refractivity contribution in [1.29, 1.82) is 0 Å². The highest BCUT2D eigenvalue weighted by atomic mass is 35.5. The molecule has 1 N–H and O–H groups in total. The minimum absolute atomic E-state index is 0.420. The molecule has 0 spiro atoms. The second-order valence-electron chi connectivity index (χ2n) is 5.06. The van der Waals surface area contributed by atoms with Crippen LogP contribution in [0.4, 0.5) is 0 Å². The van der Waals surface area contributed by atoms with Crippen molar-refractivity contribution < 1.29 is 0 Å². The fourth-order valence-electron chi connectivity index (χ4n) is 2.15. The SMILES string of the molecule is CCCNC(CSCc1ccc(Cl)cc1)c1ccccc1. The molecule has 2 aromatic carbocycles. The van der Waals surface area contributed by atoms with Crippen molar-refractivity contribution in [3.8, 4) is 0 Å². The first-order valence-electron chi connectivity index (χ1n) is 7.40. The van der Waals surface area contributed by atoms with Crippen molar-refractivity contribution in [1.82, 2.24) is 5.32 Å². The lowest BCUT2D eigenvalue weighted by atomic mass is 10.1. The van der Waals surface area contributed by atoms with E-state index in [2.05, 4.69) is 54.7 Å². The van der Waals surface area contributed by atoms with Crippen LogP contribution in [0, 0.1) is 0 Å². The topological polar surface area (TPSA) is 12.0 Å². The Hall–Kier alpha value is -0.960. The first kappa shape index (κ1) is 16.4. The third kappa shape index (κ3) is 5.74. The van der Waals surface area contributed by atoms with E-state index in [1.165, 1.54) is 11.1 Å². The molecule has 21 heavy (non-hydrogen) atoms. The van der Waals surface area contributed by atoms with Crippen LogP contribution in [0.25, 0.3) is 0 Å². The van der Waals surface area contributed by atoms with Crippen LogP contribution in [0.15, 0.2) is 54.6 Å². The van der Waals surface area contributed by atoms with Gasteiger partial charge in [0.2, 0.25) is 0 Å². The van der Waals surface area contributed by atoms with E-state index in [0.29, 0.717) is 6.04 Å². The minimum Gasteiger partial charge on any atom is -0.309 e. The average Bonchev–Trinajstić information content (AvgIpc) is 2.53.